The van der Waals surface area contributed by atoms with Crippen molar-refractivity contribution in [1.82, 2.24) is 15.5 Å². The highest BCUT2D eigenvalue weighted by molar-refractivity contribution is 5.79. The van der Waals surface area contributed by atoms with Gasteiger partial charge in [-0.1, -0.05) is 18.2 Å². The van der Waals surface area contributed by atoms with Crippen LogP contribution >= 0.6 is 0 Å². The molecule has 1 atom stereocenters. The van der Waals surface area contributed by atoms with Gasteiger partial charge in [0.1, 0.15) is 11.6 Å². The van der Waals surface area contributed by atoms with Gasteiger partial charge in [-0.2, -0.15) is 0 Å². The number of hydrogen-bond donors (Lipinski definition) is 3. The first-order chi connectivity index (χ1) is 15.1. The molecule has 8 heteroatoms. The Morgan fingerprint density at radius 2 is 1.87 bits per heavy atom. The van der Waals surface area contributed by atoms with Gasteiger partial charge in [-0.15, -0.1) is 0 Å². The number of morpholine rings is 1. The topological polar surface area (TPSA) is 69.1 Å². The van der Waals surface area contributed by atoms with Crippen molar-refractivity contribution >= 4 is 5.96 Å². The van der Waals surface area contributed by atoms with E-state index in [1.807, 2.05) is 19.1 Å². The Hall–Kier alpha value is -2.55. The van der Waals surface area contributed by atoms with Crippen LogP contribution in [-0.4, -0.2) is 55.4 Å². The first-order valence-corrected chi connectivity index (χ1v) is 10.6. The number of guanidine groups is 1. The summed E-state index contributed by atoms with van der Waals surface area (Å²) in [6.45, 7) is 6.21. The van der Waals surface area contributed by atoms with E-state index in [1.165, 1.54) is 18.2 Å². The standard InChI is InChI=1S/C23H30F2N4O2/c1-2-26-23(27-14-17-3-8-21(25)19(13-17)16-30)28-15-22(29-9-11-31-12-10-29)18-4-6-20(24)7-5-18/h3-8,13,22,30H,2,9-12,14-16H2,1H3,(H2,26,27,28). The van der Waals surface area contributed by atoms with E-state index in [-0.39, 0.29) is 24.0 Å². The molecule has 1 unspecified atom stereocenters. The molecule has 2 aromatic rings. The molecule has 31 heavy (non-hydrogen) atoms. The third-order valence-corrected chi connectivity index (χ3v) is 5.25. The number of nitrogens with one attached hydrogen (secondary N) is 2. The zero-order valence-electron chi connectivity index (χ0n) is 17.8. The van der Waals surface area contributed by atoms with E-state index in [1.54, 1.807) is 12.1 Å². The van der Waals surface area contributed by atoms with Crippen LogP contribution in [0, 0.1) is 11.6 Å². The first kappa shape index (κ1) is 23.1. The average molecular weight is 433 g/mol. The normalized spacial score (nSPS) is 16.2. The smallest absolute Gasteiger partial charge is 0.191 e. The fourth-order valence-corrected chi connectivity index (χ4v) is 3.58. The summed E-state index contributed by atoms with van der Waals surface area (Å²) in [6, 6.07) is 11.3. The molecule has 0 bridgehead atoms. The van der Waals surface area contributed by atoms with E-state index in [9.17, 15) is 13.9 Å². The number of rotatable bonds is 8. The molecule has 0 amide bonds. The molecular weight excluding hydrogens is 402 g/mol. The van der Waals surface area contributed by atoms with Gasteiger partial charge >= 0.3 is 0 Å². The summed E-state index contributed by atoms with van der Waals surface area (Å²) in [7, 11) is 0. The van der Waals surface area contributed by atoms with Gasteiger partial charge in [0.15, 0.2) is 5.96 Å². The van der Waals surface area contributed by atoms with Gasteiger partial charge in [0.2, 0.25) is 0 Å². The molecule has 1 heterocycles. The van der Waals surface area contributed by atoms with Crippen LogP contribution in [0.2, 0.25) is 0 Å². The lowest BCUT2D eigenvalue weighted by Gasteiger charge is -2.35. The van der Waals surface area contributed by atoms with Gasteiger partial charge in [0, 0.05) is 31.7 Å². The number of aliphatic hydroxyl groups is 1. The Balaban J connectivity index is 1.71. The minimum absolute atomic E-state index is 0.0418. The van der Waals surface area contributed by atoms with Gasteiger partial charge in [-0.25, -0.2) is 13.8 Å². The average Bonchev–Trinajstić information content (AvgIpc) is 2.80. The Bertz CT molecular complexity index is 855. The minimum Gasteiger partial charge on any atom is -0.392 e. The number of ether oxygens (including phenoxy) is 1. The molecule has 1 aliphatic rings. The summed E-state index contributed by atoms with van der Waals surface area (Å²) in [5, 5.41) is 15.9. The summed E-state index contributed by atoms with van der Waals surface area (Å²) in [4.78, 5) is 6.92. The summed E-state index contributed by atoms with van der Waals surface area (Å²) in [5.74, 6) is -0.0421. The number of halogens is 2. The van der Waals surface area contributed by atoms with Crippen LogP contribution in [0.1, 0.15) is 29.7 Å². The maximum Gasteiger partial charge on any atom is 0.191 e. The molecule has 0 spiro atoms. The second-order valence-electron chi connectivity index (χ2n) is 7.38. The van der Waals surface area contributed by atoms with Crippen molar-refractivity contribution in [2.45, 2.75) is 26.1 Å². The molecular formula is C23H30F2N4O2. The minimum atomic E-state index is -0.423. The second kappa shape index (κ2) is 11.7. The van der Waals surface area contributed by atoms with Gasteiger partial charge in [-0.05, 0) is 42.3 Å². The maximum atomic E-state index is 13.6. The van der Waals surface area contributed by atoms with E-state index in [0.29, 0.717) is 38.8 Å². The number of hydrogen-bond acceptors (Lipinski definition) is 4. The third kappa shape index (κ3) is 6.72. The summed E-state index contributed by atoms with van der Waals surface area (Å²) in [5.41, 5.74) is 2.10. The van der Waals surface area contributed by atoms with E-state index in [0.717, 1.165) is 24.2 Å². The number of aliphatic hydroxyl groups excluding tert-OH is 1. The molecule has 2 aromatic carbocycles. The van der Waals surface area contributed by atoms with Crippen molar-refractivity contribution in [3.63, 3.8) is 0 Å². The molecule has 3 N–H and O–H groups in total. The predicted molar refractivity (Wildman–Crippen MR) is 117 cm³/mol. The zero-order valence-corrected chi connectivity index (χ0v) is 17.8. The molecule has 0 radical (unpaired) electrons. The zero-order chi connectivity index (χ0) is 22.1. The quantitative estimate of drug-likeness (QED) is 0.442. The van der Waals surface area contributed by atoms with Gasteiger partial charge in [-0.3, -0.25) is 4.90 Å². The van der Waals surface area contributed by atoms with Crippen molar-refractivity contribution in [3.8, 4) is 0 Å². The largest absolute Gasteiger partial charge is 0.392 e. The molecule has 1 aliphatic heterocycles. The third-order valence-electron chi connectivity index (χ3n) is 5.25. The fraction of sp³-hybridized carbons (Fsp3) is 0.435. The van der Waals surface area contributed by atoms with Crippen LogP contribution in [0.3, 0.4) is 0 Å². The van der Waals surface area contributed by atoms with Crippen molar-refractivity contribution in [1.29, 1.82) is 0 Å². The van der Waals surface area contributed by atoms with E-state index >= 15 is 0 Å². The highest BCUT2D eigenvalue weighted by Crippen LogP contribution is 2.21. The lowest BCUT2D eigenvalue weighted by Crippen LogP contribution is -2.46. The molecule has 1 fully saturated rings. The number of benzene rings is 2. The first-order valence-electron chi connectivity index (χ1n) is 10.6. The van der Waals surface area contributed by atoms with Crippen molar-refractivity contribution < 1.29 is 18.6 Å². The fourth-order valence-electron chi connectivity index (χ4n) is 3.58. The van der Waals surface area contributed by atoms with Crippen LogP contribution in [0.25, 0.3) is 0 Å². The molecule has 0 saturated carbocycles. The Morgan fingerprint density at radius 1 is 1.13 bits per heavy atom. The van der Waals surface area contributed by atoms with Crippen LogP contribution in [0.5, 0.6) is 0 Å². The molecule has 168 valence electrons. The van der Waals surface area contributed by atoms with E-state index < -0.39 is 5.82 Å². The summed E-state index contributed by atoms with van der Waals surface area (Å²) < 4.78 is 32.5. The molecule has 6 nitrogen and oxygen atoms in total. The van der Waals surface area contributed by atoms with Crippen molar-refractivity contribution in [2.75, 3.05) is 39.4 Å². The molecule has 1 saturated heterocycles. The molecule has 0 aliphatic carbocycles. The summed E-state index contributed by atoms with van der Waals surface area (Å²) in [6.07, 6.45) is 0. The predicted octanol–water partition coefficient (Wildman–Crippen LogP) is 2.59. The lowest BCUT2D eigenvalue weighted by atomic mass is 10.0. The monoisotopic (exact) mass is 432 g/mol. The van der Waals surface area contributed by atoms with Crippen LogP contribution < -0.4 is 10.6 Å². The highest BCUT2D eigenvalue weighted by atomic mass is 19.1. The van der Waals surface area contributed by atoms with Crippen LogP contribution in [0.15, 0.2) is 47.5 Å². The van der Waals surface area contributed by atoms with E-state index in [2.05, 4.69) is 20.5 Å². The second-order valence-corrected chi connectivity index (χ2v) is 7.38. The van der Waals surface area contributed by atoms with Gasteiger partial charge in [0.05, 0.1) is 32.4 Å². The van der Waals surface area contributed by atoms with Crippen LogP contribution in [-0.2, 0) is 17.9 Å². The maximum absolute atomic E-state index is 13.6. The Labute approximate surface area is 181 Å². The van der Waals surface area contributed by atoms with Crippen LogP contribution in [0.4, 0.5) is 8.78 Å². The summed E-state index contributed by atoms with van der Waals surface area (Å²) >= 11 is 0. The Morgan fingerprint density at radius 3 is 2.55 bits per heavy atom. The Kier molecular flexibility index (Phi) is 8.75. The molecule has 3 rings (SSSR count). The van der Waals surface area contributed by atoms with Gasteiger partial charge < -0.3 is 20.5 Å². The lowest BCUT2D eigenvalue weighted by molar-refractivity contribution is 0.0170. The van der Waals surface area contributed by atoms with Crippen molar-refractivity contribution in [3.05, 3.63) is 70.8 Å². The van der Waals surface area contributed by atoms with E-state index in [4.69, 9.17) is 4.74 Å². The number of aliphatic imine (C=N–C) groups is 1. The van der Waals surface area contributed by atoms with Crippen molar-refractivity contribution in [2.24, 2.45) is 4.99 Å². The SMILES string of the molecule is CCNC(=NCc1ccc(F)c(CO)c1)NCC(c1ccc(F)cc1)N1CCOCC1. The molecule has 0 aromatic heterocycles. The highest BCUT2D eigenvalue weighted by Gasteiger charge is 2.23. The van der Waals surface area contributed by atoms with Gasteiger partial charge in [0.25, 0.3) is 0 Å². The number of nitrogens with zero attached hydrogens (tertiary/aromatic N) is 2.